The maximum atomic E-state index is 11.7. The van der Waals surface area contributed by atoms with Crippen molar-refractivity contribution in [1.29, 1.82) is 0 Å². The molecule has 0 saturated carbocycles. The first kappa shape index (κ1) is 13.8. The largest absolute Gasteiger partial charge is 0.465 e. The highest BCUT2D eigenvalue weighted by atomic mass is 16.5. The Kier molecular flexibility index (Phi) is 4.04. The van der Waals surface area contributed by atoms with Crippen molar-refractivity contribution in [3.8, 4) is 0 Å². The van der Waals surface area contributed by atoms with Crippen molar-refractivity contribution in [3.63, 3.8) is 0 Å². The Morgan fingerprint density at radius 2 is 2.26 bits per heavy atom. The molecule has 0 aromatic carbocycles. The summed E-state index contributed by atoms with van der Waals surface area (Å²) < 4.78 is 4.80. The molecule has 1 saturated heterocycles. The van der Waals surface area contributed by atoms with Crippen LogP contribution in [-0.2, 0) is 4.74 Å². The number of nitrogens with zero attached hydrogens (tertiary/aromatic N) is 2. The minimum absolute atomic E-state index is 0.320. The Morgan fingerprint density at radius 3 is 2.79 bits per heavy atom. The lowest BCUT2D eigenvalue weighted by atomic mass is 10.1. The summed E-state index contributed by atoms with van der Waals surface area (Å²) in [6, 6.07) is 2.42. The van der Waals surface area contributed by atoms with Crippen molar-refractivity contribution in [2.24, 2.45) is 0 Å². The Morgan fingerprint density at radius 1 is 1.53 bits per heavy atom. The van der Waals surface area contributed by atoms with E-state index in [0.717, 1.165) is 36.6 Å². The maximum absolute atomic E-state index is 11.7. The molecule has 1 aliphatic rings. The van der Waals surface area contributed by atoms with Crippen molar-refractivity contribution >= 4 is 11.8 Å². The van der Waals surface area contributed by atoms with Crippen LogP contribution < -0.4 is 10.2 Å². The summed E-state index contributed by atoms with van der Waals surface area (Å²) in [6.07, 6.45) is 1.12. The van der Waals surface area contributed by atoms with E-state index >= 15 is 0 Å². The normalized spacial score (nSPS) is 18.4. The number of hydrogen-bond donors (Lipinski definition) is 1. The summed E-state index contributed by atoms with van der Waals surface area (Å²) >= 11 is 0. The molecule has 0 radical (unpaired) electrons. The number of carbonyl (C=O) groups excluding carboxylic acids is 1. The minimum atomic E-state index is -0.320. The van der Waals surface area contributed by atoms with Gasteiger partial charge < -0.3 is 15.0 Å². The highest BCUT2D eigenvalue weighted by molar-refractivity contribution is 5.92. The van der Waals surface area contributed by atoms with Crippen LogP contribution >= 0.6 is 0 Å². The molecule has 0 unspecified atom stereocenters. The van der Waals surface area contributed by atoms with Gasteiger partial charge in [0.15, 0.2) is 0 Å². The average molecular weight is 263 g/mol. The van der Waals surface area contributed by atoms with Crippen LogP contribution in [0.2, 0.25) is 0 Å². The van der Waals surface area contributed by atoms with Crippen molar-refractivity contribution < 1.29 is 9.53 Å². The number of aryl methyl sites for hydroxylation is 2. The quantitative estimate of drug-likeness (QED) is 0.833. The van der Waals surface area contributed by atoms with Crippen molar-refractivity contribution in [2.45, 2.75) is 26.3 Å². The predicted molar refractivity (Wildman–Crippen MR) is 74.7 cm³/mol. The molecule has 104 valence electrons. The molecule has 1 aliphatic heterocycles. The van der Waals surface area contributed by atoms with E-state index in [1.165, 1.54) is 7.11 Å². The smallest absolute Gasteiger partial charge is 0.339 e. The molecule has 1 N–H and O–H groups in total. The zero-order chi connectivity index (χ0) is 14.0. The van der Waals surface area contributed by atoms with Gasteiger partial charge in [-0.15, -0.1) is 0 Å². The molecule has 1 aromatic heterocycles. The number of hydrogen-bond acceptors (Lipinski definition) is 5. The number of methoxy groups -OCH3 is 1. The first-order valence-electron chi connectivity index (χ1n) is 6.54. The third-order valence-electron chi connectivity index (χ3n) is 3.72. The predicted octanol–water partition coefficient (Wildman–Crippen LogP) is 1.28. The van der Waals surface area contributed by atoms with E-state index in [2.05, 4.69) is 22.2 Å². The third kappa shape index (κ3) is 2.71. The molecule has 0 amide bonds. The summed E-state index contributed by atoms with van der Waals surface area (Å²) in [4.78, 5) is 18.4. The van der Waals surface area contributed by atoms with Crippen molar-refractivity contribution in [2.75, 3.05) is 32.1 Å². The molecular formula is C14H21N3O2. The van der Waals surface area contributed by atoms with Crippen LogP contribution in [0, 0.1) is 13.8 Å². The van der Waals surface area contributed by atoms with Gasteiger partial charge in [0.05, 0.1) is 18.4 Å². The molecule has 1 atom stereocenters. The van der Waals surface area contributed by atoms with Crippen molar-refractivity contribution in [3.05, 3.63) is 22.9 Å². The van der Waals surface area contributed by atoms with Gasteiger partial charge in [0.1, 0.15) is 5.82 Å². The van der Waals surface area contributed by atoms with E-state index in [1.54, 1.807) is 0 Å². The van der Waals surface area contributed by atoms with Gasteiger partial charge in [-0.05, 0) is 38.4 Å². The summed E-state index contributed by atoms with van der Waals surface area (Å²) in [5.74, 6) is 0.593. The number of carbonyl (C=O) groups is 1. The van der Waals surface area contributed by atoms with E-state index in [1.807, 2.05) is 19.9 Å². The van der Waals surface area contributed by atoms with Gasteiger partial charge in [0, 0.05) is 19.6 Å². The second-order valence-corrected chi connectivity index (χ2v) is 5.01. The number of pyridine rings is 1. The van der Waals surface area contributed by atoms with Crippen LogP contribution in [0.15, 0.2) is 6.07 Å². The summed E-state index contributed by atoms with van der Waals surface area (Å²) in [5.41, 5.74) is 2.20. The molecule has 5 nitrogen and oxygen atoms in total. The molecule has 5 heteroatoms. The number of rotatable bonds is 3. The highest BCUT2D eigenvalue weighted by Gasteiger charge is 2.22. The molecule has 0 spiro atoms. The van der Waals surface area contributed by atoms with Crippen LogP contribution in [0.1, 0.15) is 28.0 Å². The molecule has 2 rings (SSSR count). The van der Waals surface area contributed by atoms with Crippen LogP contribution in [0.4, 0.5) is 5.82 Å². The second-order valence-electron chi connectivity index (χ2n) is 5.01. The lowest BCUT2D eigenvalue weighted by molar-refractivity contribution is 0.0598. The fourth-order valence-corrected chi connectivity index (χ4v) is 2.56. The van der Waals surface area contributed by atoms with Crippen LogP contribution in [0.5, 0.6) is 0 Å². The van der Waals surface area contributed by atoms with E-state index in [-0.39, 0.29) is 5.97 Å². The monoisotopic (exact) mass is 263 g/mol. The average Bonchev–Trinajstić information content (AvgIpc) is 2.90. The topological polar surface area (TPSA) is 54.5 Å². The zero-order valence-corrected chi connectivity index (χ0v) is 12.0. The summed E-state index contributed by atoms with van der Waals surface area (Å²) in [6.45, 7) is 5.80. The molecule has 1 fully saturated rings. The van der Waals surface area contributed by atoms with Gasteiger partial charge in [-0.2, -0.15) is 0 Å². The molecule has 2 heterocycles. The fraction of sp³-hybridized carbons (Fsp3) is 0.571. The Hall–Kier alpha value is -1.62. The number of likely N-dealkylation sites (N-methyl/N-ethyl adjacent to an activating group) is 1. The van der Waals surface area contributed by atoms with Gasteiger partial charge in [-0.25, -0.2) is 9.78 Å². The lowest BCUT2D eigenvalue weighted by Gasteiger charge is -2.26. The van der Waals surface area contributed by atoms with Crippen molar-refractivity contribution in [1.82, 2.24) is 10.3 Å². The fourth-order valence-electron chi connectivity index (χ4n) is 2.56. The molecule has 19 heavy (non-hydrogen) atoms. The number of esters is 1. The van der Waals surface area contributed by atoms with E-state index in [9.17, 15) is 4.79 Å². The maximum Gasteiger partial charge on any atom is 0.339 e. The summed E-state index contributed by atoms with van der Waals surface area (Å²) in [5, 5.41) is 3.35. The van der Waals surface area contributed by atoms with E-state index < -0.39 is 0 Å². The van der Waals surface area contributed by atoms with Gasteiger partial charge in [0.25, 0.3) is 0 Å². The van der Waals surface area contributed by atoms with Gasteiger partial charge in [0.2, 0.25) is 0 Å². The number of ether oxygens (including phenoxy) is 1. The second kappa shape index (κ2) is 5.57. The van der Waals surface area contributed by atoms with Gasteiger partial charge in [-0.1, -0.05) is 0 Å². The third-order valence-corrected chi connectivity index (χ3v) is 3.72. The first-order chi connectivity index (χ1) is 9.04. The Balaban J connectivity index is 2.31. The molecule has 0 aliphatic carbocycles. The number of aromatic nitrogens is 1. The highest BCUT2D eigenvalue weighted by Crippen LogP contribution is 2.22. The van der Waals surface area contributed by atoms with Crippen LogP contribution in [0.3, 0.4) is 0 Å². The number of anilines is 1. The van der Waals surface area contributed by atoms with Crippen LogP contribution in [0.25, 0.3) is 0 Å². The van der Waals surface area contributed by atoms with E-state index in [0.29, 0.717) is 11.6 Å². The lowest BCUT2D eigenvalue weighted by Crippen LogP contribution is -2.34. The zero-order valence-electron chi connectivity index (χ0n) is 12.0. The van der Waals surface area contributed by atoms with Crippen LogP contribution in [-0.4, -0.2) is 44.2 Å². The SMILES string of the molecule is COC(=O)c1c(C)cc(N(C)[C@H]2CCNC2)nc1C. The Labute approximate surface area is 114 Å². The van der Waals surface area contributed by atoms with Gasteiger partial charge in [-0.3, -0.25) is 0 Å². The summed E-state index contributed by atoms with van der Waals surface area (Å²) in [7, 11) is 3.45. The van der Waals surface area contributed by atoms with Gasteiger partial charge >= 0.3 is 5.97 Å². The molecule has 0 bridgehead atoms. The Bertz CT molecular complexity index is 459. The number of nitrogens with one attached hydrogen (secondary N) is 1. The first-order valence-corrected chi connectivity index (χ1v) is 6.54. The minimum Gasteiger partial charge on any atom is -0.465 e. The molecule has 1 aromatic rings. The van der Waals surface area contributed by atoms with E-state index in [4.69, 9.17) is 4.74 Å². The standard InChI is InChI=1S/C14H21N3O2/c1-9-7-12(17(3)11-5-6-15-8-11)16-10(2)13(9)14(18)19-4/h7,11,15H,5-6,8H2,1-4H3/t11-/m0/s1. The molecular weight excluding hydrogens is 242 g/mol.